The van der Waals surface area contributed by atoms with Crippen LogP contribution in [0.15, 0.2) is 138 Å². The van der Waals surface area contributed by atoms with Crippen molar-refractivity contribution in [1.82, 2.24) is 9.13 Å². The van der Waals surface area contributed by atoms with Crippen LogP contribution in [0.2, 0.25) is 0 Å². The molecule has 0 fully saturated rings. The molecule has 3 aromatic heterocycles. The number of hydrogen-bond donors (Lipinski definition) is 0. The van der Waals surface area contributed by atoms with E-state index < -0.39 is 0 Å². The van der Waals surface area contributed by atoms with Gasteiger partial charge >= 0.3 is 0 Å². The van der Waals surface area contributed by atoms with E-state index in [1.54, 1.807) is 0 Å². The van der Waals surface area contributed by atoms with Gasteiger partial charge in [0, 0.05) is 38.3 Å². The van der Waals surface area contributed by atoms with Gasteiger partial charge in [-0.2, -0.15) is 0 Å². The van der Waals surface area contributed by atoms with Gasteiger partial charge in [-0.1, -0.05) is 78.9 Å². The molecular formula is C36H22N2O. The van der Waals surface area contributed by atoms with Gasteiger partial charge in [0.1, 0.15) is 11.2 Å². The number of nitrogens with zero attached hydrogens (tertiary/aromatic N) is 2. The van der Waals surface area contributed by atoms with E-state index in [-0.39, 0.29) is 0 Å². The molecule has 0 atom stereocenters. The summed E-state index contributed by atoms with van der Waals surface area (Å²) in [4.78, 5) is 0. The van der Waals surface area contributed by atoms with Gasteiger partial charge in [-0.25, -0.2) is 0 Å². The molecule has 0 aliphatic heterocycles. The fourth-order valence-electron chi connectivity index (χ4n) is 6.51. The predicted octanol–water partition coefficient (Wildman–Crippen LogP) is 9.78. The summed E-state index contributed by atoms with van der Waals surface area (Å²) in [5.74, 6) is 0. The molecule has 182 valence electrons. The smallest absolute Gasteiger partial charge is 0.137 e. The van der Waals surface area contributed by atoms with E-state index in [0.29, 0.717) is 0 Å². The Kier molecular flexibility index (Phi) is 4.05. The standard InChI is InChI=1S/C36H22N2O/c1-5-16-30-25(12-1)26-13-2-6-17-31(26)37(30)23-10-9-11-24(22-23)38-32-18-7-3-14-27(32)28-20-21-34-35(36(28)38)29-15-4-8-19-33(29)39-34/h1-22H. The highest BCUT2D eigenvalue weighted by Gasteiger charge is 2.19. The number of rotatable bonds is 2. The summed E-state index contributed by atoms with van der Waals surface area (Å²) in [6, 6.07) is 47.6. The second-order valence-corrected chi connectivity index (χ2v) is 10.2. The minimum absolute atomic E-state index is 0.909. The van der Waals surface area contributed by atoms with E-state index in [9.17, 15) is 0 Å². The molecule has 0 radical (unpaired) electrons. The maximum atomic E-state index is 6.31. The number of fused-ring (bicyclic) bond motifs is 10. The Hall–Kier alpha value is -5.28. The minimum Gasteiger partial charge on any atom is -0.456 e. The molecule has 0 unspecified atom stereocenters. The first-order valence-corrected chi connectivity index (χ1v) is 13.3. The molecule has 9 rings (SSSR count). The lowest BCUT2D eigenvalue weighted by Crippen LogP contribution is -1.98. The quantitative estimate of drug-likeness (QED) is 0.233. The van der Waals surface area contributed by atoms with Crippen LogP contribution in [-0.2, 0) is 0 Å². The highest BCUT2D eigenvalue weighted by molar-refractivity contribution is 6.24. The topological polar surface area (TPSA) is 23.0 Å². The zero-order valence-corrected chi connectivity index (χ0v) is 21.0. The third-order valence-electron chi connectivity index (χ3n) is 8.10. The number of benzene rings is 6. The van der Waals surface area contributed by atoms with Crippen molar-refractivity contribution in [3.05, 3.63) is 133 Å². The Labute approximate surface area is 223 Å². The van der Waals surface area contributed by atoms with Crippen molar-refractivity contribution in [1.29, 1.82) is 0 Å². The van der Waals surface area contributed by atoms with E-state index in [1.807, 2.05) is 6.07 Å². The zero-order valence-electron chi connectivity index (χ0n) is 21.0. The highest BCUT2D eigenvalue weighted by atomic mass is 16.3. The van der Waals surface area contributed by atoms with Gasteiger partial charge < -0.3 is 13.6 Å². The van der Waals surface area contributed by atoms with Crippen LogP contribution in [0.5, 0.6) is 0 Å². The molecule has 6 aromatic carbocycles. The fourth-order valence-corrected chi connectivity index (χ4v) is 6.51. The van der Waals surface area contributed by atoms with Crippen molar-refractivity contribution in [2.75, 3.05) is 0 Å². The lowest BCUT2D eigenvalue weighted by Gasteiger charge is -2.13. The summed E-state index contributed by atoms with van der Waals surface area (Å²) < 4.78 is 11.1. The van der Waals surface area contributed by atoms with Gasteiger partial charge in [0.15, 0.2) is 0 Å². The second-order valence-electron chi connectivity index (χ2n) is 10.2. The Morgan fingerprint density at radius 1 is 0.385 bits per heavy atom. The summed E-state index contributed by atoms with van der Waals surface area (Å²) in [5.41, 5.74) is 8.87. The molecular weight excluding hydrogens is 476 g/mol. The number of hydrogen-bond acceptors (Lipinski definition) is 1. The molecule has 0 aliphatic rings. The molecule has 3 nitrogen and oxygen atoms in total. The SMILES string of the molecule is c1cc(-n2c3ccccc3c3ccccc32)cc(-n2c3ccccc3c3ccc4oc5ccccc5c4c32)c1. The van der Waals surface area contributed by atoms with Crippen molar-refractivity contribution < 1.29 is 4.42 Å². The third kappa shape index (κ3) is 2.76. The molecule has 3 heteroatoms. The van der Waals surface area contributed by atoms with E-state index in [0.717, 1.165) is 33.3 Å². The van der Waals surface area contributed by atoms with Crippen LogP contribution >= 0.6 is 0 Å². The largest absolute Gasteiger partial charge is 0.456 e. The summed E-state index contributed by atoms with van der Waals surface area (Å²) >= 11 is 0. The first kappa shape index (κ1) is 20.7. The highest BCUT2D eigenvalue weighted by Crippen LogP contribution is 2.41. The first-order valence-electron chi connectivity index (χ1n) is 13.3. The van der Waals surface area contributed by atoms with Gasteiger partial charge in [0.2, 0.25) is 0 Å². The van der Waals surface area contributed by atoms with Crippen LogP contribution in [0, 0.1) is 0 Å². The van der Waals surface area contributed by atoms with Crippen LogP contribution in [0.3, 0.4) is 0 Å². The molecule has 39 heavy (non-hydrogen) atoms. The summed E-state index contributed by atoms with van der Waals surface area (Å²) in [7, 11) is 0. The van der Waals surface area contributed by atoms with Crippen LogP contribution in [-0.4, -0.2) is 9.13 Å². The maximum Gasteiger partial charge on any atom is 0.137 e. The van der Waals surface area contributed by atoms with E-state index in [2.05, 4.69) is 137 Å². The summed E-state index contributed by atoms with van der Waals surface area (Å²) in [5, 5.41) is 7.29. The van der Waals surface area contributed by atoms with Crippen molar-refractivity contribution in [3.8, 4) is 11.4 Å². The number of para-hydroxylation sites is 4. The van der Waals surface area contributed by atoms with Gasteiger partial charge in [0.05, 0.1) is 27.5 Å². The molecule has 0 N–H and O–H groups in total. The van der Waals surface area contributed by atoms with Gasteiger partial charge in [-0.05, 0) is 54.6 Å². The van der Waals surface area contributed by atoms with Crippen molar-refractivity contribution in [2.24, 2.45) is 0 Å². The molecule has 0 aliphatic carbocycles. The second kappa shape index (κ2) is 7.62. The third-order valence-corrected chi connectivity index (χ3v) is 8.10. The molecule has 0 amide bonds. The van der Waals surface area contributed by atoms with Gasteiger partial charge in [-0.15, -0.1) is 0 Å². The molecule has 0 spiro atoms. The molecule has 0 saturated heterocycles. The predicted molar refractivity (Wildman–Crippen MR) is 162 cm³/mol. The first-order chi connectivity index (χ1) is 19.4. The lowest BCUT2D eigenvalue weighted by atomic mass is 10.1. The van der Waals surface area contributed by atoms with Crippen molar-refractivity contribution in [3.63, 3.8) is 0 Å². The average Bonchev–Trinajstić information content (AvgIpc) is 3.65. The summed E-state index contributed by atoms with van der Waals surface area (Å²) in [6.45, 7) is 0. The fraction of sp³-hybridized carbons (Fsp3) is 0. The van der Waals surface area contributed by atoms with E-state index >= 15 is 0 Å². The monoisotopic (exact) mass is 498 g/mol. The molecule has 0 bridgehead atoms. The molecule has 3 heterocycles. The molecule has 9 aromatic rings. The van der Waals surface area contributed by atoms with Gasteiger partial charge in [0.25, 0.3) is 0 Å². The number of aromatic nitrogens is 2. The Bertz CT molecular complexity index is 2350. The van der Waals surface area contributed by atoms with E-state index in [1.165, 1.54) is 43.6 Å². The van der Waals surface area contributed by atoms with Crippen LogP contribution in [0.1, 0.15) is 0 Å². The Balaban J connectivity index is 1.42. The number of furan rings is 1. The lowest BCUT2D eigenvalue weighted by molar-refractivity contribution is 0.669. The summed E-state index contributed by atoms with van der Waals surface area (Å²) in [6.07, 6.45) is 0. The zero-order chi connectivity index (χ0) is 25.5. The van der Waals surface area contributed by atoms with Crippen LogP contribution < -0.4 is 0 Å². The van der Waals surface area contributed by atoms with Gasteiger partial charge in [-0.3, -0.25) is 0 Å². The average molecular weight is 499 g/mol. The Morgan fingerprint density at radius 2 is 0.923 bits per heavy atom. The molecule has 0 saturated carbocycles. The normalized spacial score (nSPS) is 12.1. The van der Waals surface area contributed by atoms with Crippen LogP contribution in [0.4, 0.5) is 0 Å². The van der Waals surface area contributed by atoms with Crippen LogP contribution in [0.25, 0.3) is 76.9 Å². The van der Waals surface area contributed by atoms with Crippen molar-refractivity contribution in [2.45, 2.75) is 0 Å². The Morgan fingerprint density at radius 3 is 1.62 bits per heavy atom. The van der Waals surface area contributed by atoms with E-state index in [4.69, 9.17) is 4.42 Å². The maximum absolute atomic E-state index is 6.31. The minimum atomic E-state index is 0.909. The van der Waals surface area contributed by atoms with Crippen molar-refractivity contribution >= 4 is 65.6 Å².